The van der Waals surface area contributed by atoms with E-state index in [2.05, 4.69) is 5.32 Å². The number of rotatable bonds is 5. The summed E-state index contributed by atoms with van der Waals surface area (Å²) in [4.78, 5) is 39.1. The van der Waals surface area contributed by atoms with Gasteiger partial charge in [-0.2, -0.15) is 0 Å². The first-order valence-electron chi connectivity index (χ1n) is 10.6. The molecule has 178 valence electrons. The number of ether oxygens (including phenoxy) is 1. The fourth-order valence-corrected chi connectivity index (χ4v) is 4.43. The zero-order valence-corrected chi connectivity index (χ0v) is 20.6. The van der Waals surface area contributed by atoms with E-state index in [0.29, 0.717) is 22.0 Å². The summed E-state index contributed by atoms with van der Waals surface area (Å²) in [6.45, 7) is 0. The number of nitrogens with one attached hydrogen (secondary N) is 1. The Kier molecular flexibility index (Phi) is 6.41. The highest BCUT2D eigenvalue weighted by Gasteiger charge is 2.39. The number of hydrogen-bond acceptors (Lipinski definition) is 5. The van der Waals surface area contributed by atoms with Gasteiger partial charge in [-0.15, -0.1) is 0 Å². The maximum absolute atomic E-state index is 13.0. The second kappa shape index (κ2) is 9.66. The maximum Gasteiger partial charge on any atom is 0.343 e. The number of benzene rings is 4. The fourth-order valence-electron chi connectivity index (χ4n) is 3.72. The molecule has 36 heavy (non-hydrogen) atoms. The van der Waals surface area contributed by atoms with Crippen LogP contribution in [0.15, 0.2) is 95.7 Å². The molecule has 0 aromatic heterocycles. The van der Waals surface area contributed by atoms with Crippen molar-refractivity contribution in [3.63, 3.8) is 0 Å². The minimum absolute atomic E-state index is 0.112. The Morgan fingerprint density at radius 2 is 1.50 bits per heavy atom. The van der Waals surface area contributed by atoms with Crippen molar-refractivity contribution in [2.24, 2.45) is 0 Å². The van der Waals surface area contributed by atoms with Gasteiger partial charge in [0.25, 0.3) is 11.8 Å². The number of imide groups is 1. The van der Waals surface area contributed by atoms with Crippen LogP contribution in [0, 0.1) is 0 Å². The number of halogens is 3. The lowest BCUT2D eigenvalue weighted by atomic mass is 10.1. The van der Waals surface area contributed by atoms with Crippen LogP contribution in [0.4, 0.5) is 11.4 Å². The molecule has 1 aliphatic heterocycles. The van der Waals surface area contributed by atoms with Crippen LogP contribution in [-0.2, 0) is 9.59 Å². The molecule has 0 atom stereocenters. The molecule has 0 bridgehead atoms. The first-order chi connectivity index (χ1) is 17.3. The minimum atomic E-state index is -0.719. The van der Waals surface area contributed by atoms with Crippen LogP contribution >= 0.6 is 34.8 Å². The summed E-state index contributed by atoms with van der Waals surface area (Å²) >= 11 is 18.3. The lowest BCUT2D eigenvalue weighted by Gasteiger charge is -2.16. The summed E-state index contributed by atoms with van der Waals surface area (Å²) in [6.07, 6.45) is 0. The van der Waals surface area contributed by atoms with Crippen molar-refractivity contribution in [1.29, 1.82) is 0 Å². The number of amides is 2. The van der Waals surface area contributed by atoms with Gasteiger partial charge in [-0.1, -0.05) is 65.1 Å². The molecule has 4 aromatic rings. The molecule has 2 amide bonds. The number of hydrogen-bond donors (Lipinski definition) is 1. The first kappa shape index (κ1) is 23.9. The third kappa shape index (κ3) is 4.54. The molecule has 0 radical (unpaired) electrons. The number of esters is 1. The molecule has 0 aliphatic carbocycles. The highest BCUT2D eigenvalue weighted by molar-refractivity contribution is 6.54. The van der Waals surface area contributed by atoms with E-state index in [1.54, 1.807) is 24.3 Å². The molecule has 1 N–H and O–H groups in total. The second-order valence-corrected chi connectivity index (χ2v) is 9.05. The van der Waals surface area contributed by atoms with Crippen molar-refractivity contribution < 1.29 is 19.1 Å². The van der Waals surface area contributed by atoms with Gasteiger partial charge in [0, 0.05) is 10.7 Å². The molecule has 0 saturated carbocycles. The molecule has 0 fully saturated rings. The monoisotopic (exact) mass is 536 g/mol. The fraction of sp³-hybridized carbons (Fsp3) is 0. The van der Waals surface area contributed by atoms with Crippen molar-refractivity contribution in [1.82, 2.24) is 0 Å². The van der Waals surface area contributed by atoms with Crippen LogP contribution in [-0.4, -0.2) is 17.8 Å². The van der Waals surface area contributed by atoms with Crippen LogP contribution in [0.1, 0.15) is 10.4 Å². The molecular formula is C27H15Cl3N2O4. The standard InChI is InChI=1S/C27H15Cl3N2O4/c28-18-8-12-22(21(29)14-18)32-25(33)23(30)24(26(32)34)31-19-9-5-16(6-10-19)27(35)36-20-11-7-15-3-1-2-4-17(15)13-20/h1-14,31H. The Balaban J connectivity index is 1.30. The molecule has 5 rings (SSSR count). The maximum atomic E-state index is 13.0. The van der Waals surface area contributed by atoms with E-state index in [-0.39, 0.29) is 21.4 Å². The number of anilines is 2. The quantitative estimate of drug-likeness (QED) is 0.172. The topological polar surface area (TPSA) is 75.7 Å². The third-order valence-corrected chi connectivity index (χ3v) is 6.39. The average Bonchev–Trinajstić information content (AvgIpc) is 3.07. The van der Waals surface area contributed by atoms with Crippen molar-refractivity contribution in [2.75, 3.05) is 10.2 Å². The predicted octanol–water partition coefficient (Wildman–Crippen LogP) is 6.80. The van der Waals surface area contributed by atoms with Crippen molar-refractivity contribution in [3.05, 3.63) is 111 Å². The number of fused-ring (bicyclic) bond motifs is 1. The van der Waals surface area contributed by atoms with E-state index in [1.807, 2.05) is 30.3 Å². The van der Waals surface area contributed by atoms with Gasteiger partial charge in [0.1, 0.15) is 16.5 Å². The molecule has 1 heterocycles. The highest BCUT2D eigenvalue weighted by atomic mass is 35.5. The van der Waals surface area contributed by atoms with Gasteiger partial charge in [-0.05, 0) is 65.4 Å². The van der Waals surface area contributed by atoms with E-state index in [9.17, 15) is 14.4 Å². The lowest BCUT2D eigenvalue weighted by Crippen LogP contribution is -2.32. The summed E-state index contributed by atoms with van der Waals surface area (Å²) in [6, 6.07) is 23.8. The SMILES string of the molecule is O=C(Oc1ccc2ccccc2c1)c1ccc(NC2=C(Cl)C(=O)N(c3ccc(Cl)cc3Cl)C2=O)cc1. The van der Waals surface area contributed by atoms with E-state index < -0.39 is 17.8 Å². The van der Waals surface area contributed by atoms with Gasteiger partial charge in [0.05, 0.1) is 16.3 Å². The van der Waals surface area contributed by atoms with Gasteiger partial charge in [-0.25, -0.2) is 9.69 Å². The molecule has 0 unspecified atom stereocenters. The summed E-state index contributed by atoms with van der Waals surface area (Å²) < 4.78 is 5.50. The number of nitrogens with zero attached hydrogens (tertiary/aromatic N) is 1. The van der Waals surface area contributed by atoms with Gasteiger partial charge >= 0.3 is 5.97 Å². The normalized spacial score (nSPS) is 13.5. The molecule has 9 heteroatoms. The molecule has 6 nitrogen and oxygen atoms in total. The Labute approximate surface area is 220 Å². The third-order valence-electron chi connectivity index (χ3n) is 5.50. The van der Waals surface area contributed by atoms with Crippen molar-refractivity contribution in [3.8, 4) is 5.75 Å². The Hall–Kier alpha value is -3.84. The summed E-state index contributed by atoms with van der Waals surface area (Å²) in [5, 5.41) is 5.05. The van der Waals surface area contributed by atoms with Crippen molar-refractivity contribution in [2.45, 2.75) is 0 Å². The van der Waals surface area contributed by atoms with E-state index in [4.69, 9.17) is 39.5 Å². The van der Waals surface area contributed by atoms with Crippen LogP contribution in [0.3, 0.4) is 0 Å². The van der Waals surface area contributed by atoms with Gasteiger partial charge in [0.15, 0.2) is 0 Å². The smallest absolute Gasteiger partial charge is 0.343 e. The Morgan fingerprint density at radius 3 is 2.22 bits per heavy atom. The number of carbonyl (C=O) groups excluding carboxylic acids is 3. The largest absolute Gasteiger partial charge is 0.423 e. The van der Waals surface area contributed by atoms with Crippen LogP contribution in [0.25, 0.3) is 10.8 Å². The predicted molar refractivity (Wildman–Crippen MR) is 141 cm³/mol. The summed E-state index contributed by atoms with van der Waals surface area (Å²) in [5.41, 5.74) is 0.796. The minimum Gasteiger partial charge on any atom is -0.423 e. The first-order valence-corrected chi connectivity index (χ1v) is 11.8. The molecular weight excluding hydrogens is 523 g/mol. The van der Waals surface area contributed by atoms with E-state index in [1.165, 1.54) is 30.3 Å². The zero-order valence-electron chi connectivity index (χ0n) is 18.3. The molecule has 4 aromatic carbocycles. The summed E-state index contributed by atoms with van der Waals surface area (Å²) in [7, 11) is 0. The molecule has 1 aliphatic rings. The molecule has 0 saturated heterocycles. The van der Waals surface area contributed by atoms with Crippen LogP contribution in [0.5, 0.6) is 5.75 Å². The van der Waals surface area contributed by atoms with Gasteiger partial charge in [-0.3, -0.25) is 9.59 Å². The van der Waals surface area contributed by atoms with E-state index >= 15 is 0 Å². The van der Waals surface area contributed by atoms with Crippen LogP contribution in [0.2, 0.25) is 10.0 Å². The Bertz CT molecular complexity index is 1580. The van der Waals surface area contributed by atoms with Crippen LogP contribution < -0.4 is 15.0 Å². The Morgan fingerprint density at radius 1 is 0.778 bits per heavy atom. The molecule has 0 spiro atoms. The van der Waals surface area contributed by atoms with Gasteiger partial charge < -0.3 is 10.1 Å². The number of carbonyl (C=O) groups is 3. The van der Waals surface area contributed by atoms with Crippen molar-refractivity contribution >= 4 is 74.7 Å². The lowest BCUT2D eigenvalue weighted by molar-refractivity contribution is -0.120. The van der Waals surface area contributed by atoms with E-state index in [0.717, 1.165) is 15.7 Å². The zero-order chi connectivity index (χ0) is 25.4. The second-order valence-electron chi connectivity index (χ2n) is 7.83. The highest BCUT2D eigenvalue weighted by Crippen LogP contribution is 2.35. The van der Waals surface area contributed by atoms with Gasteiger partial charge in [0.2, 0.25) is 0 Å². The average molecular weight is 538 g/mol. The summed E-state index contributed by atoms with van der Waals surface area (Å²) in [5.74, 6) is -1.50.